The van der Waals surface area contributed by atoms with Crippen molar-refractivity contribution in [2.45, 2.75) is 64.0 Å². The van der Waals surface area contributed by atoms with Gasteiger partial charge in [-0.2, -0.15) is 0 Å². The summed E-state index contributed by atoms with van der Waals surface area (Å²) in [5.41, 5.74) is 0.774. The first kappa shape index (κ1) is 15.5. The summed E-state index contributed by atoms with van der Waals surface area (Å²) in [7, 11) is 0. The van der Waals surface area contributed by atoms with Gasteiger partial charge in [0.15, 0.2) is 0 Å². The average molecular weight is 275 g/mol. The van der Waals surface area contributed by atoms with E-state index in [1.165, 1.54) is 24.8 Å². The minimum absolute atomic E-state index is 0.250. The van der Waals surface area contributed by atoms with Crippen LogP contribution in [0.25, 0.3) is 0 Å². The summed E-state index contributed by atoms with van der Waals surface area (Å²) in [6.07, 6.45) is 6.50. The number of hydrogen-bond acceptors (Lipinski definition) is 2. The third-order valence-corrected chi connectivity index (χ3v) is 4.95. The smallest absolute Gasteiger partial charge is 0.0800 e. The molecule has 0 unspecified atom stereocenters. The fraction of sp³-hybridized carbons (Fsp3) is 0.667. The summed E-state index contributed by atoms with van der Waals surface area (Å²) >= 11 is 0. The molecule has 1 atom stereocenters. The molecule has 0 aliphatic carbocycles. The van der Waals surface area contributed by atoms with Crippen molar-refractivity contribution in [1.82, 2.24) is 4.90 Å². The van der Waals surface area contributed by atoms with E-state index in [9.17, 15) is 5.11 Å². The molecular weight excluding hydrogens is 246 g/mol. The van der Waals surface area contributed by atoms with Crippen molar-refractivity contribution in [2.75, 3.05) is 13.1 Å². The van der Waals surface area contributed by atoms with Crippen LogP contribution < -0.4 is 0 Å². The number of aliphatic hydroxyl groups is 1. The molecule has 1 heterocycles. The molecule has 1 aromatic carbocycles. The monoisotopic (exact) mass is 275 g/mol. The van der Waals surface area contributed by atoms with Crippen LogP contribution in [0.15, 0.2) is 30.3 Å². The van der Waals surface area contributed by atoms with Crippen molar-refractivity contribution in [1.29, 1.82) is 0 Å². The van der Waals surface area contributed by atoms with Gasteiger partial charge >= 0.3 is 0 Å². The van der Waals surface area contributed by atoms with Gasteiger partial charge in [0.1, 0.15) is 0 Å². The lowest BCUT2D eigenvalue weighted by Crippen LogP contribution is -2.54. The highest BCUT2D eigenvalue weighted by Crippen LogP contribution is 2.29. The van der Waals surface area contributed by atoms with E-state index >= 15 is 0 Å². The standard InChI is InChI=1S/C18H29NO/c1-3-18(20,4-2)17(19-13-9-6-10-14-19)15-16-11-7-5-8-12-16/h5,7-8,11-12,17,20H,3-4,6,9-10,13-15H2,1-2H3/t17-/m0/s1. The zero-order valence-electron chi connectivity index (χ0n) is 13.0. The van der Waals surface area contributed by atoms with Gasteiger partial charge in [-0.15, -0.1) is 0 Å². The summed E-state index contributed by atoms with van der Waals surface area (Å²) in [6, 6.07) is 10.9. The van der Waals surface area contributed by atoms with E-state index in [0.717, 1.165) is 32.4 Å². The van der Waals surface area contributed by atoms with Crippen molar-refractivity contribution in [2.24, 2.45) is 0 Å². The number of hydrogen-bond donors (Lipinski definition) is 1. The molecule has 112 valence electrons. The maximum absolute atomic E-state index is 11.1. The van der Waals surface area contributed by atoms with Crippen LogP contribution >= 0.6 is 0 Å². The predicted molar refractivity (Wildman–Crippen MR) is 84.9 cm³/mol. The molecule has 1 saturated heterocycles. The molecule has 1 fully saturated rings. The van der Waals surface area contributed by atoms with Gasteiger partial charge < -0.3 is 5.11 Å². The molecule has 1 aromatic rings. The molecule has 0 aromatic heterocycles. The third-order valence-electron chi connectivity index (χ3n) is 4.95. The molecule has 20 heavy (non-hydrogen) atoms. The van der Waals surface area contributed by atoms with E-state index in [0.29, 0.717) is 0 Å². The van der Waals surface area contributed by atoms with E-state index in [1.54, 1.807) is 0 Å². The maximum atomic E-state index is 11.1. The van der Waals surface area contributed by atoms with Crippen LogP contribution in [0.3, 0.4) is 0 Å². The molecule has 1 N–H and O–H groups in total. The minimum atomic E-state index is -0.562. The van der Waals surface area contributed by atoms with Crippen LogP contribution in [0.1, 0.15) is 51.5 Å². The third kappa shape index (κ3) is 3.62. The highest BCUT2D eigenvalue weighted by atomic mass is 16.3. The van der Waals surface area contributed by atoms with Gasteiger partial charge in [0, 0.05) is 6.04 Å². The van der Waals surface area contributed by atoms with Gasteiger partial charge in [-0.25, -0.2) is 0 Å². The first-order valence-electron chi connectivity index (χ1n) is 8.20. The quantitative estimate of drug-likeness (QED) is 0.857. The first-order chi connectivity index (χ1) is 9.69. The summed E-state index contributed by atoms with van der Waals surface area (Å²) in [4.78, 5) is 2.53. The summed E-state index contributed by atoms with van der Waals surface area (Å²) in [6.45, 7) is 6.51. The highest BCUT2D eigenvalue weighted by Gasteiger charge is 2.37. The van der Waals surface area contributed by atoms with E-state index in [1.807, 2.05) is 0 Å². The summed E-state index contributed by atoms with van der Waals surface area (Å²) in [5, 5.41) is 11.1. The van der Waals surface area contributed by atoms with Crippen LogP contribution in [0, 0.1) is 0 Å². The lowest BCUT2D eigenvalue weighted by Gasteiger charge is -2.44. The molecular formula is C18H29NO. The molecule has 0 amide bonds. The lowest BCUT2D eigenvalue weighted by molar-refractivity contribution is -0.0587. The second kappa shape index (κ2) is 7.24. The van der Waals surface area contributed by atoms with Crippen molar-refractivity contribution < 1.29 is 5.11 Å². The Hall–Kier alpha value is -0.860. The summed E-state index contributed by atoms with van der Waals surface area (Å²) in [5.74, 6) is 0. The summed E-state index contributed by atoms with van der Waals surface area (Å²) < 4.78 is 0. The van der Waals surface area contributed by atoms with Crippen LogP contribution in [0.4, 0.5) is 0 Å². The molecule has 0 radical (unpaired) electrons. The number of rotatable bonds is 6. The molecule has 1 aliphatic rings. The Balaban J connectivity index is 2.18. The number of nitrogens with zero attached hydrogens (tertiary/aromatic N) is 1. The van der Waals surface area contributed by atoms with Crippen molar-refractivity contribution in [3.8, 4) is 0 Å². The van der Waals surface area contributed by atoms with Gasteiger partial charge in [-0.1, -0.05) is 50.6 Å². The van der Waals surface area contributed by atoms with E-state index in [2.05, 4.69) is 49.1 Å². The number of likely N-dealkylation sites (tertiary alicyclic amines) is 1. The molecule has 2 heteroatoms. The Bertz CT molecular complexity index is 380. The normalized spacial score (nSPS) is 18.9. The average Bonchev–Trinajstić information content (AvgIpc) is 2.54. The Morgan fingerprint density at radius 3 is 2.20 bits per heavy atom. The lowest BCUT2D eigenvalue weighted by atomic mass is 9.83. The minimum Gasteiger partial charge on any atom is -0.388 e. The first-order valence-corrected chi connectivity index (χ1v) is 8.20. The van der Waals surface area contributed by atoms with Gasteiger partial charge in [0.25, 0.3) is 0 Å². The Labute approximate surface area is 123 Å². The molecule has 1 aliphatic heterocycles. The molecule has 2 rings (SSSR count). The van der Waals surface area contributed by atoms with Gasteiger partial charge in [0.05, 0.1) is 5.60 Å². The molecule has 0 bridgehead atoms. The number of benzene rings is 1. The zero-order valence-corrected chi connectivity index (χ0v) is 13.0. The van der Waals surface area contributed by atoms with Crippen molar-refractivity contribution in [3.63, 3.8) is 0 Å². The van der Waals surface area contributed by atoms with Crippen LogP contribution in [-0.4, -0.2) is 34.7 Å². The van der Waals surface area contributed by atoms with Crippen LogP contribution in [0.2, 0.25) is 0 Å². The molecule has 0 saturated carbocycles. The molecule has 2 nitrogen and oxygen atoms in total. The largest absolute Gasteiger partial charge is 0.388 e. The van der Waals surface area contributed by atoms with Gasteiger partial charge in [0.2, 0.25) is 0 Å². The predicted octanol–water partition coefficient (Wildman–Crippen LogP) is 3.63. The van der Waals surface area contributed by atoms with E-state index < -0.39 is 5.60 Å². The second-order valence-corrected chi connectivity index (χ2v) is 6.11. The van der Waals surface area contributed by atoms with Crippen molar-refractivity contribution in [3.05, 3.63) is 35.9 Å². The fourth-order valence-corrected chi connectivity index (χ4v) is 3.45. The van der Waals surface area contributed by atoms with Crippen LogP contribution in [-0.2, 0) is 6.42 Å². The van der Waals surface area contributed by atoms with Crippen molar-refractivity contribution >= 4 is 0 Å². The van der Waals surface area contributed by atoms with Gasteiger partial charge in [-0.3, -0.25) is 4.90 Å². The Kier molecular flexibility index (Phi) is 5.62. The Morgan fingerprint density at radius 2 is 1.65 bits per heavy atom. The SMILES string of the molecule is CCC(O)(CC)[C@H](Cc1ccccc1)N1CCCCC1. The zero-order chi connectivity index (χ0) is 14.4. The van der Waals surface area contributed by atoms with E-state index in [-0.39, 0.29) is 6.04 Å². The fourth-order valence-electron chi connectivity index (χ4n) is 3.45. The second-order valence-electron chi connectivity index (χ2n) is 6.11. The molecule has 0 spiro atoms. The van der Waals surface area contributed by atoms with Gasteiger partial charge in [-0.05, 0) is 50.8 Å². The Morgan fingerprint density at radius 1 is 1.05 bits per heavy atom. The number of piperidine rings is 1. The highest BCUT2D eigenvalue weighted by molar-refractivity contribution is 5.17. The topological polar surface area (TPSA) is 23.5 Å². The van der Waals surface area contributed by atoms with Crippen LogP contribution in [0.5, 0.6) is 0 Å². The maximum Gasteiger partial charge on any atom is 0.0800 e. The van der Waals surface area contributed by atoms with E-state index in [4.69, 9.17) is 0 Å².